The van der Waals surface area contributed by atoms with Gasteiger partial charge in [-0.25, -0.2) is 0 Å². The fourth-order valence-electron chi connectivity index (χ4n) is 2.11. The van der Waals surface area contributed by atoms with E-state index in [1.165, 1.54) is 0 Å². The number of aliphatic hydroxyl groups is 1. The lowest BCUT2D eigenvalue weighted by Gasteiger charge is -2.17. The average Bonchev–Trinajstić information content (AvgIpc) is 2.81. The molecule has 1 aliphatic rings. The van der Waals surface area contributed by atoms with Crippen molar-refractivity contribution < 1.29 is 14.6 Å². The summed E-state index contributed by atoms with van der Waals surface area (Å²) in [7, 11) is 1.63. The molecule has 0 bridgehead atoms. The van der Waals surface area contributed by atoms with Gasteiger partial charge in [0.15, 0.2) is 0 Å². The SMILES string of the molecule is COc1ccc(C(O)CC2CCCO2)c(Br)c1. The first-order valence-corrected chi connectivity index (χ1v) is 6.63. The number of hydrogen-bond acceptors (Lipinski definition) is 3. The van der Waals surface area contributed by atoms with Crippen LogP contribution in [-0.2, 0) is 4.74 Å². The van der Waals surface area contributed by atoms with E-state index < -0.39 is 6.10 Å². The smallest absolute Gasteiger partial charge is 0.120 e. The second kappa shape index (κ2) is 5.85. The molecule has 1 N–H and O–H groups in total. The van der Waals surface area contributed by atoms with Crippen molar-refractivity contribution in [3.8, 4) is 5.75 Å². The molecule has 1 aliphatic heterocycles. The van der Waals surface area contributed by atoms with Crippen molar-refractivity contribution in [3.05, 3.63) is 28.2 Å². The molecular formula is C13H17BrO3. The lowest BCUT2D eigenvalue weighted by Crippen LogP contribution is -2.11. The highest BCUT2D eigenvalue weighted by Gasteiger charge is 2.21. The zero-order valence-corrected chi connectivity index (χ0v) is 11.4. The minimum absolute atomic E-state index is 0.194. The van der Waals surface area contributed by atoms with Crippen LogP contribution >= 0.6 is 15.9 Å². The van der Waals surface area contributed by atoms with Crippen molar-refractivity contribution in [2.75, 3.05) is 13.7 Å². The molecule has 0 amide bonds. The quantitative estimate of drug-likeness (QED) is 0.929. The van der Waals surface area contributed by atoms with E-state index in [0.717, 1.165) is 35.2 Å². The Morgan fingerprint density at radius 2 is 2.41 bits per heavy atom. The molecule has 2 atom stereocenters. The van der Waals surface area contributed by atoms with Crippen molar-refractivity contribution in [1.82, 2.24) is 0 Å². The number of aliphatic hydroxyl groups excluding tert-OH is 1. The molecule has 2 rings (SSSR count). The van der Waals surface area contributed by atoms with E-state index in [4.69, 9.17) is 9.47 Å². The first-order valence-electron chi connectivity index (χ1n) is 5.84. The van der Waals surface area contributed by atoms with E-state index in [9.17, 15) is 5.11 Å². The first kappa shape index (κ1) is 12.9. The number of methoxy groups -OCH3 is 1. The van der Waals surface area contributed by atoms with Gasteiger partial charge in [-0.05, 0) is 30.5 Å². The Bertz CT molecular complexity index is 375. The normalized spacial score (nSPS) is 21.5. The van der Waals surface area contributed by atoms with E-state index in [2.05, 4.69) is 15.9 Å². The van der Waals surface area contributed by atoms with E-state index >= 15 is 0 Å². The standard InChI is InChI=1S/C13H17BrO3/c1-16-9-4-5-11(12(14)7-9)13(15)8-10-3-2-6-17-10/h4-5,7,10,13,15H,2-3,6,8H2,1H3. The van der Waals surface area contributed by atoms with Crippen LogP contribution in [0.25, 0.3) is 0 Å². The van der Waals surface area contributed by atoms with Crippen LogP contribution in [0, 0.1) is 0 Å². The molecule has 17 heavy (non-hydrogen) atoms. The van der Waals surface area contributed by atoms with Gasteiger partial charge in [0, 0.05) is 17.5 Å². The highest BCUT2D eigenvalue weighted by atomic mass is 79.9. The van der Waals surface area contributed by atoms with Gasteiger partial charge >= 0.3 is 0 Å². The summed E-state index contributed by atoms with van der Waals surface area (Å²) in [5.41, 5.74) is 0.890. The van der Waals surface area contributed by atoms with Crippen LogP contribution in [0.15, 0.2) is 22.7 Å². The Hall–Kier alpha value is -0.580. The monoisotopic (exact) mass is 300 g/mol. The van der Waals surface area contributed by atoms with Crippen LogP contribution in [0.4, 0.5) is 0 Å². The van der Waals surface area contributed by atoms with Gasteiger partial charge in [-0.15, -0.1) is 0 Å². The number of rotatable bonds is 4. The van der Waals surface area contributed by atoms with Crippen LogP contribution in [0.5, 0.6) is 5.75 Å². The maximum Gasteiger partial charge on any atom is 0.120 e. The first-order chi connectivity index (χ1) is 8.20. The second-order valence-electron chi connectivity index (χ2n) is 4.27. The van der Waals surface area contributed by atoms with Crippen LogP contribution in [-0.4, -0.2) is 24.9 Å². The molecule has 0 saturated carbocycles. The van der Waals surface area contributed by atoms with Gasteiger partial charge in [-0.2, -0.15) is 0 Å². The summed E-state index contributed by atoms with van der Waals surface area (Å²) in [6.45, 7) is 0.821. The Labute approximate surface area is 110 Å². The third-order valence-electron chi connectivity index (χ3n) is 3.08. The van der Waals surface area contributed by atoms with Gasteiger partial charge in [-0.1, -0.05) is 22.0 Å². The van der Waals surface area contributed by atoms with Gasteiger partial charge in [0.2, 0.25) is 0 Å². The molecule has 4 heteroatoms. The number of ether oxygens (including phenoxy) is 2. The predicted octanol–water partition coefficient (Wildman–Crippen LogP) is 3.06. The Balaban J connectivity index is 2.04. The molecule has 1 saturated heterocycles. The van der Waals surface area contributed by atoms with Crippen LogP contribution in [0.1, 0.15) is 30.9 Å². The summed E-state index contributed by atoms with van der Waals surface area (Å²) in [6.07, 6.45) is 2.51. The minimum atomic E-state index is -0.488. The van der Waals surface area contributed by atoms with Crippen LogP contribution in [0.2, 0.25) is 0 Å². The predicted molar refractivity (Wildman–Crippen MR) is 69.2 cm³/mol. The maximum atomic E-state index is 10.2. The fraction of sp³-hybridized carbons (Fsp3) is 0.538. The molecule has 1 heterocycles. The third kappa shape index (κ3) is 3.21. The highest BCUT2D eigenvalue weighted by Crippen LogP contribution is 2.31. The molecular weight excluding hydrogens is 284 g/mol. The molecule has 0 spiro atoms. The summed E-state index contributed by atoms with van der Waals surface area (Å²) in [5, 5.41) is 10.2. The average molecular weight is 301 g/mol. The molecule has 1 fully saturated rings. The lowest BCUT2D eigenvalue weighted by molar-refractivity contribution is 0.0532. The maximum absolute atomic E-state index is 10.2. The molecule has 1 aromatic rings. The zero-order chi connectivity index (χ0) is 12.3. The van der Waals surface area contributed by atoms with Gasteiger partial charge in [0.1, 0.15) is 5.75 Å². The van der Waals surface area contributed by atoms with Gasteiger partial charge in [0.25, 0.3) is 0 Å². The fourth-order valence-corrected chi connectivity index (χ4v) is 2.73. The lowest BCUT2D eigenvalue weighted by atomic mass is 10.0. The highest BCUT2D eigenvalue weighted by molar-refractivity contribution is 9.10. The molecule has 1 aromatic carbocycles. The van der Waals surface area contributed by atoms with Crippen molar-refractivity contribution in [2.45, 2.75) is 31.5 Å². The summed E-state index contributed by atoms with van der Waals surface area (Å²) in [5.74, 6) is 0.782. The second-order valence-corrected chi connectivity index (χ2v) is 5.13. The molecule has 0 radical (unpaired) electrons. The summed E-state index contributed by atoms with van der Waals surface area (Å²) < 4.78 is 11.5. The minimum Gasteiger partial charge on any atom is -0.497 e. The Kier molecular flexibility index (Phi) is 4.42. The summed E-state index contributed by atoms with van der Waals surface area (Å²) in [6, 6.07) is 5.62. The molecule has 94 valence electrons. The number of hydrogen-bond donors (Lipinski definition) is 1. The largest absolute Gasteiger partial charge is 0.497 e. The topological polar surface area (TPSA) is 38.7 Å². The molecule has 2 unspecified atom stereocenters. The van der Waals surface area contributed by atoms with Gasteiger partial charge in [-0.3, -0.25) is 0 Å². The third-order valence-corrected chi connectivity index (χ3v) is 3.76. The van der Waals surface area contributed by atoms with Crippen molar-refractivity contribution in [1.29, 1.82) is 0 Å². The van der Waals surface area contributed by atoms with Crippen LogP contribution < -0.4 is 4.74 Å². The number of halogens is 1. The number of benzene rings is 1. The van der Waals surface area contributed by atoms with Crippen LogP contribution in [0.3, 0.4) is 0 Å². The van der Waals surface area contributed by atoms with Gasteiger partial charge < -0.3 is 14.6 Å². The zero-order valence-electron chi connectivity index (χ0n) is 9.86. The van der Waals surface area contributed by atoms with Crippen molar-refractivity contribution in [2.24, 2.45) is 0 Å². The Morgan fingerprint density at radius 3 is 3.00 bits per heavy atom. The Morgan fingerprint density at radius 1 is 1.59 bits per heavy atom. The van der Waals surface area contributed by atoms with Crippen molar-refractivity contribution >= 4 is 15.9 Å². The van der Waals surface area contributed by atoms with E-state index in [-0.39, 0.29) is 6.10 Å². The molecule has 0 aliphatic carbocycles. The van der Waals surface area contributed by atoms with E-state index in [1.807, 2.05) is 18.2 Å². The van der Waals surface area contributed by atoms with Crippen molar-refractivity contribution in [3.63, 3.8) is 0 Å². The molecule has 0 aromatic heterocycles. The van der Waals surface area contributed by atoms with E-state index in [0.29, 0.717) is 6.42 Å². The molecule has 3 nitrogen and oxygen atoms in total. The summed E-state index contributed by atoms with van der Waals surface area (Å²) in [4.78, 5) is 0. The summed E-state index contributed by atoms with van der Waals surface area (Å²) >= 11 is 3.46. The van der Waals surface area contributed by atoms with Gasteiger partial charge in [0.05, 0.1) is 19.3 Å². The van der Waals surface area contributed by atoms with E-state index in [1.54, 1.807) is 7.11 Å².